The van der Waals surface area contributed by atoms with Crippen LogP contribution in [0.5, 0.6) is 0 Å². The topological polar surface area (TPSA) is 84.2 Å². The molecule has 0 aromatic heterocycles. The highest BCUT2D eigenvalue weighted by molar-refractivity contribution is 6.44. The summed E-state index contributed by atoms with van der Waals surface area (Å²) in [5.74, 6) is -1.17. The van der Waals surface area contributed by atoms with Crippen molar-refractivity contribution in [3.05, 3.63) is 53.1 Å². The lowest BCUT2D eigenvalue weighted by molar-refractivity contribution is -0.132. The van der Waals surface area contributed by atoms with Crippen LogP contribution in [-0.2, 0) is 9.59 Å². The van der Waals surface area contributed by atoms with Gasteiger partial charge in [-0.25, -0.2) is 0 Å². The normalized spacial score (nSPS) is 10.4. The predicted octanol–water partition coefficient (Wildman–Crippen LogP) is 3.62. The molecule has 2 rings (SSSR count). The first-order valence-electron chi connectivity index (χ1n) is 7.14. The summed E-state index contributed by atoms with van der Waals surface area (Å²) in [6.45, 7) is 4.16. The first-order valence-corrected chi connectivity index (χ1v) is 7.52. The number of nitrogens with two attached hydrogens (primary N) is 1. The van der Waals surface area contributed by atoms with Crippen LogP contribution < -0.4 is 16.4 Å². The average Bonchev–Trinajstić information content (AvgIpc) is 2.50. The van der Waals surface area contributed by atoms with Gasteiger partial charge in [0.1, 0.15) is 0 Å². The number of amides is 2. The van der Waals surface area contributed by atoms with Crippen molar-refractivity contribution in [2.75, 3.05) is 16.4 Å². The Bertz CT molecular complexity index is 727. The third-order valence-corrected chi connectivity index (χ3v) is 3.60. The van der Waals surface area contributed by atoms with Crippen molar-refractivity contribution in [3.8, 4) is 0 Å². The van der Waals surface area contributed by atoms with Crippen LogP contribution in [0.3, 0.4) is 0 Å². The first-order chi connectivity index (χ1) is 10.9. The number of anilines is 3. The highest BCUT2D eigenvalue weighted by atomic mass is 35.5. The lowest BCUT2D eigenvalue weighted by atomic mass is 10.0. The van der Waals surface area contributed by atoms with Crippen molar-refractivity contribution in [1.29, 1.82) is 0 Å². The fourth-order valence-corrected chi connectivity index (χ4v) is 2.19. The summed E-state index contributed by atoms with van der Waals surface area (Å²) in [7, 11) is 0. The predicted molar refractivity (Wildman–Crippen MR) is 93.7 cm³/mol. The zero-order valence-corrected chi connectivity index (χ0v) is 13.6. The summed E-state index contributed by atoms with van der Waals surface area (Å²) < 4.78 is 0. The van der Waals surface area contributed by atoms with E-state index in [-0.39, 0.29) is 5.02 Å². The molecule has 5 nitrogen and oxygen atoms in total. The molecule has 0 saturated carbocycles. The summed E-state index contributed by atoms with van der Waals surface area (Å²) >= 11 is 5.96. The minimum absolute atomic E-state index is 0.271. The first kappa shape index (κ1) is 16.8. The van der Waals surface area contributed by atoms with E-state index in [9.17, 15) is 9.59 Å². The molecule has 0 atom stereocenters. The number of nitrogens with one attached hydrogen (secondary N) is 2. The summed E-state index contributed by atoms with van der Waals surface area (Å²) in [4.78, 5) is 23.8. The monoisotopic (exact) mass is 331 g/mol. The molecule has 2 aromatic carbocycles. The van der Waals surface area contributed by atoms with Crippen molar-refractivity contribution in [1.82, 2.24) is 0 Å². The highest BCUT2D eigenvalue weighted by Crippen LogP contribution is 2.24. The van der Waals surface area contributed by atoms with Crippen molar-refractivity contribution < 1.29 is 9.59 Å². The quantitative estimate of drug-likeness (QED) is 0.593. The van der Waals surface area contributed by atoms with Crippen molar-refractivity contribution in [2.45, 2.75) is 19.8 Å². The second-order valence-corrected chi connectivity index (χ2v) is 5.83. The fraction of sp³-hybridized carbons (Fsp3) is 0.176. The third kappa shape index (κ3) is 4.47. The summed E-state index contributed by atoms with van der Waals surface area (Å²) in [5.41, 5.74) is 8.09. The van der Waals surface area contributed by atoms with Crippen LogP contribution in [0.1, 0.15) is 25.3 Å². The van der Waals surface area contributed by atoms with E-state index in [0.29, 0.717) is 23.0 Å². The fourth-order valence-electron chi connectivity index (χ4n) is 1.95. The van der Waals surface area contributed by atoms with Gasteiger partial charge in [-0.15, -0.1) is 0 Å². The van der Waals surface area contributed by atoms with Crippen molar-refractivity contribution in [2.24, 2.45) is 0 Å². The number of halogens is 1. The van der Waals surface area contributed by atoms with E-state index in [1.807, 2.05) is 12.1 Å². The minimum atomic E-state index is -0.801. The van der Waals surface area contributed by atoms with Gasteiger partial charge in [-0.1, -0.05) is 37.6 Å². The molecule has 0 saturated heterocycles. The molecule has 4 N–H and O–H groups in total. The lowest BCUT2D eigenvalue weighted by Gasteiger charge is -2.10. The smallest absolute Gasteiger partial charge is 0.314 e. The molecule has 0 unspecified atom stereocenters. The van der Waals surface area contributed by atoms with E-state index in [2.05, 4.69) is 24.5 Å². The van der Waals surface area contributed by atoms with Gasteiger partial charge in [-0.3, -0.25) is 9.59 Å². The van der Waals surface area contributed by atoms with Crippen LogP contribution in [-0.4, -0.2) is 11.8 Å². The molecule has 0 spiro atoms. The number of rotatable bonds is 3. The maximum atomic E-state index is 11.9. The maximum Gasteiger partial charge on any atom is 0.314 e. The zero-order chi connectivity index (χ0) is 17.0. The molecule has 0 bridgehead atoms. The number of hydrogen-bond acceptors (Lipinski definition) is 3. The van der Waals surface area contributed by atoms with Gasteiger partial charge in [0.2, 0.25) is 0 Å². The molecule has 120 valence electrons. The van der Waals surface area contributed by atoms with Gasteiger partial charge >= 0.3 is 11.8 Å². The van der Waals surface area contributed by atoms with E-state index >= 15 is 0 Å². The van der Waals surface area contributed by atoms with Crippen LogP contribution in [0, 0.1) is 0 Å². The Morgan fingerprint density at radius 3 is 2.17 bits per heavy atom. The Kier molecular flexibility index (Phi) is 5.24. The number of nitrogen functional groups attached to an aromatic ring is 1. The van der Waals surface area contributed by atoms with E-state index in [4.69, 9.17) is 17.3 Å². The lowest BCUT2D eigenvalue weighted by Crippen LogP contribution is -2.29. The average molecular weight is 332 g/mol. The van der Waals surface area contributed by atoms with Crippen molar-refractivity contribution >= 4 is 40.5 Å². The SMILES string of the molecule is CC(C)c1ccc(NC(=O)C(=O)Nc2ccc(N)cc2Cl)cc1. The van der Waals surface area contributed by atoms with E-state index in [0.717, 1.165) is 5.56 Å². The van der Waals surface area contributed by atoms with Gasteiger partial charge in [0, 0.05) is 11.4 Å². The molecule has 0 aliphatic carbocycles. The number of hydrogen-bond donors (Lipinski definition) is 3. The van der Waals surface area contributed by atoms with Gasteiger partial charge < -0.3 is 16.4 Å². The summed E-state index contributed by atoms with van der Waals surface area (Å²) in [5, 5.41) is 5.26. The molecule has 0 aliphatic heterocycles. The summed E-state index contributed by atoms with van der Waals surface area (Å²) in [6.07, 6.45) is 0. The van der Waals surface area contributed by atoms with Gasteiger partial charge in [-0.05, 0) is 41.8 Å². The molecule has 0 radical (unpaired) electrons. The Morgan fingerprint density at radius 2 is 1.61 bits per heavy atom. The van der Waals surface area contributed by atoms with Crippen LogP contribution in [0.4, 0.5) is 17.1 Å². The van der Waals surface area contributed by atoms with E-state index in [1.165, 1.54) is 6.07 Å². The molecular weight excluding hydrogens is 314 g/mol. The number of carbonyl (C=O) groups is 2. The Morgan fingerprint density at radius 1 is 1.00 bits per heavy atom. The van der Waals surface area contributed by atoms with Crippen molar-refractivity contribution in [3.63, 3.8) is 0 Å². The number of benzene rings is 2. The van der Waals surface area contributed by atoms with E-state index < -0.39 is 11.8 Å². The molecule has 0 heterocycles. The second-order valence-electron chi connectivity index (χ2n) is 5.42. The molecule has 2 amide bonds. The number of carbonyl (C=O) groups excluding carboxylic acids is 2. The molecule has 6 heteroatoms. The molecule has 0 fully saturated rings. The van der Waals surface area contributed by atoms with Gasteiger partial charge in [-0.2, -0.15) is 0 Å². The van der Waals surface area contributed by atoms with Gasteiger partial charge in [0.25, 0.3) is 0 Å². The Balaban J connectivity index is 2.01. The second kappa shape index (κ2) is 7.15. The van der Waals surface area contributed by atoms with E-state index in [1.54, 1.807) is 24.3 Å². The molecular formula is C17H18ClN3O2. The van der Waals surface area contributed by atoms with Gasteiger partial charge in [0.15, 0.2) is 0 Å². The van der Waals surface area contributed by atoms with Crippen LogP contribution in [0.15, 0.2) is 42.5 Å². The van der Waals surface area contributed by atoms with Crippen LogP contribution >= 0.6 is 11.6 Å². The summed E-state index contributed by atoms with van der Waals surface area (Å²) in [6, 6.07) is 12.0. The largest absolute Gasteiger partial charge is 0.399 e. The van der Waals surface area contributed by atoms with Crippen LogP contribution in [0.2, 0.25) is 5.02 Å². The molecule has 0 aliphatic rings. The highest BCUT2D eigenvalue weighted by Gasteiger charge is 2.15. The minimum Gasteiger partial charge on any atom is -0.399 e. The Labute approximate surface area is 139 Å². The Hall–Kier alpha value is -2.53. The maximum absolute atomic E-state index is 11.9. The zero-order valence-electron chi connectivity index (χ0n) is 12.9. The standard InChI is InChI=1S/C17H18ClN3O2/c1-10(2)11-3-6-13(7-4-11)20-16(22)17(23)21-15-8-5-12(19)9-14(15)18/h3-10H,19H2,1-2H3,(H,20,22)(H,21,23). The van der Waals surface area contributed by atoms with Crippen LogP contribution in [0.25, 0.3) is 0 Å². The van der Waals surface area contributed by atoms with Gasteiger partial charge in [0.05, 0.1) is 10.7 Å². The third-order valence-electron chi connectivity index (χ3n) is 3.28. The molecule has 2 aromatic rings. The molecule has 23 heavy (non-hydrogen) atoms.